The fourth-order valence-corrected chi connectivity index (χ4v) is 3.08. The smallest absolute Gasteiger partial charge is 0.157 e. The monoisotopic (exact) mass is 285 g/mol. The lowest BCUT2D eigenvalue weighted by molar-refractivity contribution is 0.404. The first-order chi connectivity index (χ1) is 10.2. The highest BCUT2D eigenvalue weighted by atomic mass is 15.3. The Labute approximate surface area is 125 Å². The molecule has 5 nitrogen and oxygen atoms in total. The molecule has 112 valence electrons. The third-order valence-electron chi connectivity index (χ3n) is 4.69. The maximum atomic E-state index is 4.85. The van der Waals surface area contributed by atoms with E-state index in [-0.39, 0.29) is 0 Å². The van der Waals surface area contributed by atoms with Gasteiger partial charge < -0.3 is 10.6 Å². The number of nitrogens with zero attached hydrogens (tertiary/aromatic N) is 3. The summed E-state index contributed by atoms with van der Waals surface area (Å²) < 4.78 is 2.01. The van der Waals surface area contributed by atoms with Gasteiger partial charge in [-0.3, -0.25) is 0 Å². The van der Waals surface area contributed by atoms with Gasteiger partial charge in [-0.2, -0.15) is 9.61 Å². The molecule has 2 aromatic rings. The topological polar surface area (TPSA) is 54.2 Å². The Morgan fingerprint density at radius 3 is 2.81 bits per heavy atom. The summed E-state index contributed by atoms with van der Waals surface area (Å²) in [7, 11) is 0. The second-order valence-electron chi connectivity index (χ2n) is 6.43. The minimum Gasteiger partial charge on any atom is -0.367 e. The van der Waals surface area contributed by atoms with Crippen molar-refractivity contribution in [2.24, 2.45) is 0 Å². The van der Waals surface area contributed by atoms with Gasteiger partial charge in [0.2, 0.25) is 0 Å². The highest BCUT2D eigenvalue weighted by molar-refractivity contribution is 5.56. The normalized spacial score (nSPS) is 22.7. The Bertz CT molecular complexity index is 665. The predicted octanol–water partition coefficient (Wildman–Crippen LogP) is 2.74. The Hall–Kier alpha value is -1.62. The van der Waals surface area contributed by atoms with Crippen LogP contribution in [0.15, 0.2) is 6.07 Å². The zero-order valence-corrected chi connectivity index (χ0v) is 12.8. The average molecular weight is 285 g/mol. The van der Waals surface area contributed by atoms with E-state index in [0.717, 1.165) is 29.4 Å². The van der Waals surface area contributed by atoms with E-state index < -0.39 is 0 Å². The van der Waals surface area contributed by atoms with Gasteiger partial charge in [0, 0.05) is 23.4 Å². The van der Waals surface area contributed by atoms with E-state index >= 15 is 0 Å². The van der Waals surface area contributed by atoms with Gasteiger partial charge in [-0.05, 0) is 46.1 Å². The van der Waals surface area contributed by atoms with E-state index in [1.807, 2.05) is 4.52 Å². The largest absolute Gasteiger partial charge is 0.367 e. The van der Waals surface area contributed by atoms with Crippen molar-refractivity contribution in [2.45, 2.75) is 58.0 Å². The van der Waals surface area contributed by atoms with Crippen LogP contribution in [0.2, 0.25) is 0 Å². The van der Waals surface area contributed by atoms with Crippen LogP contribution in [0.1, 0.15) is 55.1 Å². The zero-order valence-electron chi connectivity index (χ0n) is 12.8. The first-order valence-electron chi connectivity index (χ1n) is 8.09. The molecule has 2 aliphatic rings. The summed E-state index contributed by atoms with van der Waals surface area (Å²) in [6.07, 6.45) is 6.26. The van der Waals surface area contributed by atoms with E-state index in [2.05, 4.69) is 30.5 Å². The van der Waals surface area contributed by atoms with Crippen LogP contribution >= 0.6 is 0 Å². The molecule has 0 unspecified atom stereocenters. The van der Waals surface area contributed by atoms with Crippen LogP contribution in [0.25, 0.3) is 5.65 Å². The van der Waals surface area contributed by atoms with Crippen LogP contribution in [-0.2, 0) is 0 Å². The molecular formula is C16H23N5. The van der Waals surface area contributed by atoms with Gasteiger partial charge >= 0.3 is 0 Å². The van der Waals surface area contributed by atoms with Gasteiger partial charge in [-0.25, -0.2) is 4.98 Å². The number of hydrogen-bond acceptors (Lipinski definition) is 4. The lowest BCUT2D eigenvalue weighted by Crippen LogP contribution is -2.27. The Balaban J connectivity index is 1.77. The quantitative estimate of drug-likeness (QED) is 0.910. The molecule has 1 saturated heterocycles. The average Bonchev–Trinajstić information content (AvgIpc) is 3.23. The third kappa shape index (κ3) is 2.39. The first-order valence-corrected chi connectivity index (χ1v) is 8.09. The number of aromatic nitrogens is 3. The number of nitrogens with one attached hydrogen (secondary N) is 2. The van der Waals surface area contributed by atoms with Crippen molar-refractivity contribution in [1.29, 1.82) is 0 Å². The van der Waals surface area contributed by atoms with Crippen molar-refractivity contribution in [3.8, 4) is 0 Å². The lowest BCUT2D eigenvalue weighted by atomic mass is 10.0. The molecule has 1 saturated carbocycles. The fourth-order valence-electron chi connectivity index (χ4n) is 3.08. The molecule has 21 heavy (non-hydrogen) atoms. The van der Waals surface area contributed by atoms with Gasteiger partial charge in [0.15, 0.2) is 5.65 Å². The van der Waals surface area contributed by atoms with Gasteiger partial charge in [-0.15, -0.1) is 0 Å². The highest BCUT2D eigenvalue weighted by Gasteiger charge is 2.25. The number of fused-ring (bicyclic) bond motifs is 1. The SMILES string of the molecule is Cc1nc2cc([C@@H]3CCCCN3)nn2c(NC2CC2)c1C. The number of piperidine rings is 1. The van der Waals surface area contributed by atoms with Crippen LogP contribution < -0.4 is 10.6 Å². The predicted molar refractivity (Wildman–Crippen MR) is 83.7 cm³/mol. The molecular weight excluding hydrogens is 262 g/mol. The summed E-state index contributed by atoms with van der Waals surface area (Å²) in [5.74, 6) is 1.13. The number of rotatable bonds is 3. The van der Waals surface area contributed by atoms with Crippen molar-refractivity contribution in [3.05, 3.63) is 23.0 Å². The van der Waals surface area contributed by atoms with Crippen LogP contribution in [0.4, 0.5) is 5.82 Å². The summed E-state index contributed by atoms with van der Waals surface area (Å²) in [5, 5.41) is 12.0. The lowest BCUT2D eigenvalue weighted by Gasteiger charge is -2.21. The van der Waals surface area contributed by atoms with Crippen molar-refractivity contribution >= 4 is 11.5 Å². The van der Waals surface area contributed by atoms with Gasteiger partial charge in [0.1, 0.15) is 5.82 Å². The molecule has 1 aliphatic carbocycles. The molecule has 1 atom stereocenters. The van der Waals surface area contributed by atoms with Crippen LogP contribution in [0.3, 0.4) is 0 Å². The minimum atomic E-state index is 0.384. The van der Waals surface area contributed by atoms with Gasteiger partial charge in [0.25, 0.3) is 0 Å². The third-order valence-corrected chi connectivity index (χ3v) is 4.69. The number of anilines is 1. The Morgan fingerprint density at radius 1 is 1.24 bits per heavy atom. The highest BCUT2D eigenvalue weighted by Crippen LogP contribution is 2.29. The molecule has 2 fully saturated rings. The van der Waals surface area contributed by atoms with E-state index in [1.165, 1.54) is 37.7 Å². The first kappa shape index (κ1) is 13.1. The van der Waals surface area contributed by atoms with E-state index in [0.29, 0.717) is 12.1 Å². The van der Waals surface area contributed by atoms with Gasteiger partial charge in [-0.1, -0.05) is 6.42 Å². The summed E-state index contributed by atoms with van der Waals surface area (Å²) in [5.41, 5.74) is 4.39. The second-order valence-corrected chi connectivity index (χ2v) is 6.43. The van der Waals surface area contributed by atoms with E-state index in [9.17, 15) is 0 Å². The standard InChI is InChI=1S/C16H23N5/c1-10-11(2)18-15-9-14(13-5-3-4-8-17-13)20-21(15)16(10)19-12-6-7-12/h9,12-13,17,19H,3-8H2,1-2H3/t13-/m0/s1. The van der Waals surface area contributed by atoms with E-state index in [1.54, 1.807) is 0 Å². The summed E-state index contributed by atoms with van der Waals surface area (Å²) in [4.78, 5) is 4.71. The minimum absolute atomic E-state index is 0.384. The molecule has 5 heteroatoms. The Morgan fingerprint density at radius 2 is 2.10 bits per heavy atom. The van der Waals surface area contributed by atoms with Crippen molar-refractivity contribution in [2.75, 3.05) is 11.9 Å². The van der Waals surface area contributed by atoms with E-state index in [4.69, 9.17) is 10.1 Å². The summed E-state index contributed by atoms with van der Waals surface area (Å²) in [6.45, 7) is 5.31. The Kier molecular flexibility index (Phi) is 3.10. The van der Waals surface area contributed by atoms with Crippen LogP contribution in [0.5, 0.6) is 0 Å². The molecule has 0 bridgehead atoms. The maximum Gasteiger partial charge on any atom is 0.157 e. The zero-order chi connectivity index (χ0) is 14.4. The molecule has 0 amide bonds. The molecule has 0 aromatic carbocycles. The second kappa shape index (κ2) is 4.98. The molecule has 0 radical (unpaired) electrons. The molecule has 4 rings (SSSR count). The molecule has 3 heterocycles. The van der Waals surface area contributed by atoms with Crippen molar-refractivity contribution in [1.82, 2.24) is 19.9 Å². The number of hydrogen-bond donors (Lipinski definition) is 2. The van der Waals surface area contributed by atoms with Crippen molar-refractivity contribution < 1.29 is 0 Å². The molecule has 0 spiro atoms. The summed E-state index contributed by atoms with van der Waals surface area (Å²) >= 11 is 0. The maximum absolute atomic E-state index is 4.85. The summed E-state index contributed by atoms with van der Waals surface area (Å²) in [6, 6.07) is 3.15. The van der Waals surface area contributed by atoms with Crippen molar-refractivity contribution in [3.63, 3.8) is 0 Å². The fraction of sp³-hybridized carbons (Fsp3) is 0.625. The molecule has 2 N–H and O–H groups in total. The number of aryl methyl sites for hydroxylation is 1. The molecule has 2 aromatic heterocycles. The molecule has 1 aliphatic heterocycles. The van der Waals surface area contributed by atoms with Gasteiger partial charge in [0.05, 0.1) is 11.7 Å². The van der Waals surface area contributed by atoms with Crippen LogP contribution in [0, 0.1) is 13.8 Å². The van der Waals surface area contributed by atoms with Crippen LogP contribution in [-0.4, -0.2) is 27.2 Å².